The summed E-state index contributed by atoms with van der Waals surface area (Å²) < 4.78 is 37.7. The number of sulfonamides is 1. The van der Waals surface area contributed by atoms with Crippen molar-refractivity contribution in [2.45, 2.75) is 44.6 Å². The van der Waals surface area contributed by atoms with Gasteiger partial charge in [0.2, 0.25) is 10.0 Å². The average molecular weight is 496 g/mol. The number of anilines is 1. The lowest BCUT2D eigenvalue weighted by molar-refractivity contribution is 0.0456. The van der Waals surface area contributed by atoms with E-state index in [4.69, 9.17) is 15.2 Å². The molecule has 4 rings (SSSR count). The zero-order valence-electron chi connectivity index (χ0n) is 20.0. The first-order valence-electron chi connectivity index (χ1n) is 12.3. The highest BCUT2D eigenvalue weighted by Crippen LogP contribution is 2.39. The Balaban J connectivity index is 1.17. The highest BCUT2D eigenvalue weighted by Gasteiger charge is 2.43. The Morgan fingerprint density at radius 1 is 1.15 bits per heavy atom. The fourth-order valence-corrected chi connectivity index (χ4v) is 5.79. The van der Waals surface area contributed by atoms with Crippen LogP contribution in [-0.4, -0.2) is 92.5 Å². The number of nitrogens with two attached hydrogens (primary N) is 1. The summed E-state index contributed by atoms with van der Waals surface area (Å²) in [6.45, 7) is 6.50. The predicted octanol–water partition coefficient (Wildman–Crippen LogP) is 1.66. The summed E-state index contributed by atoms with van der Waals surface area (Å²) in [5, 5.41) is 0. The van der Waals surface area contributed by atoms with E-state index in [2.05, 4.69) is 9.88 Å². The summed E-state index contributed by atoms with van der Waals surface area (Å²) >= 11 is 0. The van der Waals surface area contributed by atoms with Gasteiger partial charge in [0.15, 0.2) is 0 Å². The molecule has 1 aromatic heterocycles. The van der Waals surface area contributed by atoms with E-state index in [1.165, 1.54) is 0 Å². The van der Waals surface area contributed by atoms with Gasteiger partial charge in [-0.1, -0.05) is 0 Å². The number of piperazine rings is 1. The molecule has 1 amide bonds. The van der Waals surface area contributed by atoms with Crippen molar-refractivity contribution in [2.24, 2.45) is 11.7 Å². The maximum Gasteiger partial charge on any atom is 0.410 e. The molecule has 0 unspecified atom stereocenters. The number of piperidine rings is 1. The van der Waals surface area contributed by atoms with Gasteiger partial charge in [-0.05, 0) is 63.6 Å². The van der Waals surface area contributed by atoms with Crippen LogP contribution >= 0.6 is 0 Å². The Hall–Kier alpha value is -2.11. The first kappa shape index (κ1) is 25.0. The topological polar surface area (TPSA) is 118 Å². The van der Waals surface area contributed by atoms with Crippen LogP contribution in [0.25, 0.3) is 0 Å². The van der Waals surface area contributed by atoms with Crippen LogP contribution in [0.4, 0.5) is 10.6 Å². The molecule has 0 spiro atoms. The van der Waals surface area contributed by atoms with Crippen LogP contribution in [0.5, 0.6) is 5.75 Å². The lowest BCUT2D eigenvalue weighted by atomic mass is 9.98. The number of rotatable bonds is 9. The molecule has 3 heterocycles. The molecular formula is C23H37N5O5S. The molecule has 2 saturated heterocycles. The van der Waals surface area contributed by atoms with E-state index >= 15 is 0 Å². The van der Waals surface area contributed by atoms with E-state index in [-0.39, 0.29) is 17.4 Å². The summed E-state index contributed by atoms with van der Waals surface area (Å²) in [5.74, 6) is 2.04. The lowest BCUT2D eigenvalue weighted by Crippen LogP contribution is -2.49. The van der Waals surface area contributed by atoms with E-state index in [1.807, 2.05) is 19.1 Å². The maximum atomic E-state index is 12.3. The van der Waals surface area contributed by atoms with Gasteiger partial charge in [0, 0.05) is 39.3 Å². The first-order valence-corrected chi connectivity index (χ1v) is 13.9. The molecule has 1 aliphatic carbocycles. The first-order chi connectivity index (χ1) is 16.3. The van der Waals surface area contributed by atoms with Gasteiger partial charge in [-0.3, -0.25) is 0 Å². The van der Waals surface area contributed by atoms with Crippen molar-refractivity contribution in [3.63, 3.8) is 0 Å². The Bertz CT molecular complexity index is 922. The third-order valence-corrected chi connectivity index (χ3v) is 8.89. The van der Waals surface area contributed by atoms with Crippen molar-refractivity contribution >= 4 is 21.9 Å². The van der Waals surface area contributed by atoms with Crippen LogP contribution < -0.4 is 15.4 Å². The summed E-state index contributed by atoms with van der Waals surface area (Å²) in [6.07, 6.45) is 5.74. The monoisotopic (exact) mass is 495 g/mol. The fourth-order valence-electron chi connectivity index (χ4n) is 4.28. The SMILES string of the molecule is CC1(OC(=O)N2CCC(COc3ccc(N4CCN(S(=O)(=O)CCCN)CC4)nc3)CC2)CC1. The van der Waals surface area contributed by atoms with Crippen molar-refractivity contribution in [3.05, 3.63) is 18.3 Å². The Kier molecular flexibility index (Phi) is 7.83. The number of hydrogen-bond donors (Lipinski definition) is 1. The zero-order valence-corrected chi connectivity index (χ0v) is 20.8. The molecule has 2 N–H and O–H groups in total. The molecule has 0 bridgehead atoms. The van der Waals surface area contributed by atoms with Crippen molar-refractivity contribution in [2.75, 3.05) is 63.1 Å². The summed E-state index contributed by atoms with van der Waals surface area (Å²) in [4.78, 5) is 20.7. The second kappa shape index (κ2) is 10.7. The van der Waals surface area contributed by atoms with Crippen molar-refractivity contribution in [1.29, 1.82) is 0 Å². The standard InChI is InChI=1S/C23H37N5O5S/c1-23(7-8-23)33-22(29)27-10-5-19(6-11-27)18-32-20-3-4-21(25-17-20)26-12-14-28(15-13-26)34(30,31)16-2-9-24/h3-4,17,19H,2,5-16,18,24H2,1H3. The number of pyridine rings is 1. The van der Waals surface area contributed by atoms with E-state index in [0.717, 1.165) is 37.3 Å². The number of carbonyl (C=O) groups excluding carboxylic acids is 1. The highest BCUT2D eigenvalue weighted by atomic mass is 32.2. The number of carbonyl (C=O) groups is 1. The molecule has 10 nitrogen and oxygen atoms in total. The molecule has 1 saturated carbocycles. The minimum absolute atomic E-state index is 0.107. The van der Waals surface area contributed by atoms with E-state index in [0.29, 0.717) is 64.8 Å². The van der Waals surface area contributed by atoms with Crippen molar-refractivity contribution < 1.29 is 22.7 Å². The molecule has 34 heavy (non-hydrogen) atoms. The van der Waals surface area contributed by atoms with Crippen LogP contribution in [0.15, 0.2) is 18.3 Å². The van der Waals surface area contributed by atoms with Gasteiger partial charge in [0.05, 0.1) is 18.6 Å². The van der Waals surface area contributed by atoms with E-state index < -0.39 is 10.0 Å². The van der Waals surface area contributed by atoms with Crippen LogP contribution in [0.3, 0.4) is 0 Å². The Morgan fingerprint density at radius 3 is 2.44 bits per heavy atom. The number of likely N-dealkylation sites (tertiary alicyclic amines) is 1. The maximum absolute atomic E-state index is 12.3. The van der Waals surface area contributed by atoms with Crippen LogP contribution in [0, 0.1) is 5.92 Å². The van der Waals surface area contributed by atoms with Gasteiger partial charge in [0.25, 0.3) is 0 Å². The number of nitrogens with zero attached hydrogens (tertiary/aromatic N) is 4. The normalized spacial score (nSPS) is 21.4. The number of ether oxygens (including phenoxy) is 2. The molecule has 2 aliphatic heterocycles. The average Bonchev–Trinajstić information content (AvgIpc) is 3.58. The van der Waals surface area contributed by atoms with Crippen molar-refractivity contribution in [1.82, 2.24) is 14.2 Å². The lowest BCUT2D eigenvalue weighted by Gasteiger charge is -2.34. The molecule has 190 valence electrons. The Labute approximate surface area is 202 Å². The molecule has 3 fully saturated rings. The van der Waals surface area contributed by atoms with Crippen molar-refractivity contribution in [3.8, 4) is 5.75 Å². The molecule has 11 heteroatoms. The number of aromatic nitrogens is 1. The molecular weight excluding hydrogens is 458 g/mol. The summed E-state index contributed by atoms with van der Waals surface area (Å²) in [5.41, 5.74) is 5.22. The minimum atomic E-state index is -3.23. The third kappa shape index (κ3) is 6.51. The molecule has 0 aromatic carbocycles. The second-order valence-electron chi connectivity index (χ2n) is 9.76. The number of amides is 1. The smallest absolute Gasteiger partial charge is 0.410 e. The van der Waals surface area contributed by atoms with Gasteiger partial charge in [-0.25, -0.2) is 18.2 Å². The van der Waals surface area contributed by atoms with E-state index in [1.54, 1.807) is 15.4 Å². The molecule has 0 radical (unpaired) electrons. The summed E-state index contributed by atoms with van der Waals surface area (Å²) in [6, 6.07) is 3.83. The largest absolute Gasteiger partial charge is 0.492 e. The fraction of sp³-hybridized carbons (Fsp3) is 0.739. The quantitative estimate of drug-likeness (QED) is 0.550. The third-order valence-electron chi connectivity index (χ3n) is 6.93. The minimum Gasteiger partial charge on any atom is -0.492 e. The Morgan fingerprint density at radius 2 is 1.85 bits per heavy atom. The van der Waals surface area contributed by atoms with Crippen LogP contribution in [-0.2, 0) is 14.8 Å². The zero-order chi connectivity index (χ0) is 24.2. The van der Waals surface area contributed by atoms with Crippen LogP contribution in [0.2, 0.25) is 0 Å². The summed E-state index contributed by atoms with van der Waals surface area (Å²) in [7, 11) is -3.23. The van der Waals surface area contributed by atoms with Gasteiger partial charge in [0.1, 0.15) is 17.2 Å². The van der Waals surface area contributed by atoms with Gasteiger partial charge in [-0.2, -0.15) is 4.31 Å². The van der Waals surface area contributed by atoms with Gasteiger partial charge >= 0.3 is 6.09 Å². The predicted molar refractivity (Wildman–Crippen MR) is 129 cm³/mol. The van der Waals surface area contributed by atoms with E-state index in [9.17, 15) is 13.2 Å². The second-order valence-corrected chi connectivity index (χ2v) is 11.8. The van der Waals surface area contributed by atoms with Gasteiger partial charge in [-0.15, -0.1) is 0 Å². The molecule has 3 aliphatic rings. The highest BCUT2D eigenvalue weighted by molar-refractivity contribution is 7.89. The number of hydrogen-bond acceptors (Lipinski definition) is 8. The molecule has 1 aromatic rings. The van der Waals surface area contributed by atoms with Crippen LogP contribution in [0.1, 0.15) is 39.0 Å². The molecule has 0 atom stereocenters. The van der Waals surface area contributed by atoms with Gasteiger partial charge < -0.3 is 25.0 Å².